The van der Waals surface area contributed by atoms with Gasteiger partial charge in [-0.1, -0.05) is 13.8 Å². The molecular formula is C16H25N3O4S. The summed E-state index contributed by atoms with van der Waals surface area (Å²) < 4.78 is 22.7. The van der Waals surface area contributed by atoms with Crippen molar-refractivity contribution >= 4 is 15.7 Å². The van der Waals surface area contributed by atoms with E-state index in [9.17, 15) is 18.0 Å². The molecule has 0 aliphatic carbocycles. The van der Waals surface area contributed by atoms with Gasteiger partial charge in [0.05, 0.1) is 11.3 Å². The van der Waals surface area contributed by atoms with Crippen LogP contribution in [0.15, 0.2) is 23.1 Å². The van der Waals surface area contributed by atoms with Crippen LogP contribution in [0, 0.1) is 11.8 Å². The Morgan fingerprint density at radius 2 is 2.08 bits per heavy atom. The van der Waals surface area contributed by atoms with E-state index >= 15 is 0 Å². The molecule has 1 fully saturated rings. The number of amides is 1. The predicted molar refractivity (Wildman–Crippen MR) is 92.8 cm³/mol. The minimum atomic E-state index is -3.00. The normalized spacial score (nSPS) is 22.0. The summed E-state index contributed by atoms with van der Waals surface area (Å²) in [4.78, 5) is 28.0. The van der Waals surface area contributed by atoms with Gasteiger partial charge in [-0.15, -0.1) is 0 Å². The molecule has 0 bridgehead atoms. The van der Waals surface area contributed by atoms with E-state index < -0.39 is 9.84 Å². The zero-order valence-electron chi connectivity index (χ0n) is 14.3. The van der Waals surface area contributed by atoms with Crippen LogP contribution in [-0.4, -0.2) is 61.9 Å². The summed E-state index contributed by atoms with van der Waals surface area (Å²) in [7, 11) is -3.00. The molecule has 2 atom stereocenters. The average Bonchev–Trinajstić information content (AvgIpc) is 2.88. The number of likely N-dealkylation sites (tertiary alicyclic amines) is 1. The number of H-pyrrole nitrogens is 1. The van der Waals surface area contributed by atoms with Crippen molar-refractivity contribution in [3.63, 3.8) is 0 Å². The van der Waals surface area contributed by atoms with Crippen LogP contribution in [0.4, 0.5) is 0 Å². The van der Waals surface area contributed by atoms with Crippen LogP contribution < -0.4 is 10.9 Å². The lowest BCUT2D eigenvalue weighted by Crippen LogP contribution is -2.42. The molecule has 2 heterocycles. The third-order valence-corrected chi connectivity index (χ3v) is 5.36. The van der Waals surface area contributed by atoms with E-state index in [-0.39, 0.29) is 29.2 Å². The number of hydrogen-bond donors (Lipinski definition) is 2. The highest BCUT2D eigenvalue weighted by Crippen LogP contribution is 2.24. The third-order valence-electron chi connectivity index (χ3n) is 4.44. The van der Waals surface area contributed by atoms with Crippen LogP contribution in [0.1, 0.15) is 24.2 Å². The Labute approximate surface area is 142 Å². The molecule has 134 valence electrons. The zero-order chi connectivity index (χ0) is 17.9. The van der Waals surface area contributed by atoms with E-state index in [1.807, 2.05) is 0 Å². The van der Waals surface area contributed by atoms with Crippen LogP contribution in [0.5, 0.6) is 0 Å². The Morgan fingerprint density at radius 1 is 1.38 bits per heavy atom. The number of sulfone groups is 1. The van der Waals surface area contributed by atoms with Crippen LogP contribution in [0.2, 0.25) is 0 Å². The molecule has 1 aliphatic heterocycles. The van der Waals surface area contributed by atoms with Crippen LogP contribution in [-0.2, 0) is 9.84 Å². The molecule has 2 rings (SSSR count). The minimum absolute atomic E-state index is 0.0380. The molecule has 1 aromatic rings. The molecule has 1 aromatic heterocycles. The van der Waals surface area contributed by atoms with Crippen LogP contribution >= 0.6 is 0 Å². The number of carbonyl (C=O) groups excluding carboxylic acids is 1. The summed E-state index contributed by atoms with van der Waals surface area (Å²) >= 11 is 0. The topological polar surface area (TPSA) is 99.3 Å². The lowest BCUT2D eigenvalue weighted by Gasteiger charge is -2.23. The minimum Gasteiger partial charge on any atom is -0.348 e. The maximum absolute atomic E-state index is 12.4. The van der Waals surface area contributed by atoms with E-state index in [0.29, 0.717) is 24.6 Å². The monoisotopic (exact) mass is 355 g/mol. The number of carbonyl (C=O) groups is 1. The lowest BCUT2D eigenvalue weighted by atomic mass is 9.91. The molecule has 7 nitrogen and oxygen atoms in total. The molecule has 1 saturated heterocycles. The van der Waals surface area contributed by atoms with Gasteiger partial charge in [-0.2, -0.15) is 0 Å². The fraction of sp³-hybridized carbons (Fsp3) is 0.625. The number of pyridine rings is 1. The maximum atomic E-state index is 12.4. The molecule has 0 radical (unpaired) electrons. The molecule has 24 heavy (non-hydrogen) atoms. The number of aromatic amines is 1. The number of nitrogens with one attached hydrogen (secondary N) is 2. The lowest BCUT2D eigenvalue weighted by molar-refractivity contribution is 0.0925. The Hall–Kier alpha value is -1.67. The first kappa shape index (κ1) is 18.7. The second kappa shape index (κ2) is 7.48. The first-order valence-corrected chi connectivity index (χ1v) is 10.1. The molecule has 0 spiro atoms. The van der Waals surface area contributed by atoms with Crippen molar-refractivity contribution in [1.29, 1.82) is 0 Å². The molecule has 1 aliphatic rings. The largest absolute Gasteiger partial charge is 0.348 e. The van der Waals surface area contributed by atoms with E-state index in [2.05, 4.69) is 29.0 Å². The second-order valence-electron chi connectivity index (χ2n) is 6.82. The first-order chi connectivity index (χ1) is 11.2. The predicted octanol–water partition coefficient (Wildman–Crippen LogP) is 0.106. The Bertz CT molecular complexity index is 721. The smallest absolute Gasteiger partial charge is 0.253 e. The van der Waals surface area contributed by atoms with Gasteiger partial charge in [0.25, 0.3) is 5.91 Å². The number of nitrogens with zero attached hydrogens (tertiary/aromatic N) is 1. The molecule has 0 unspecified atom stereocenters. The molecule has 0 saturated carbocycles. The SMILES string of the molecule is CC(C)[C@@H]1CN(CCS(C)(=O)=O)C[C@H]1NC(=O)c1ccc(=O)[nH]c1. The fourth-order valence-corrected chi connectivity index (χ4v) is 3.61. The summed E-state index contributed by atoms with van der Waals surface area (Å²) in [6, 6.07) is 2.78. The van der Waals surface area contributed by atoms with Gasteiger partial charge in [-0.05, 0) is 17.9 Å². The van der Waals surface area contributed by atoms with Gasteiger partial charge in [0, 0.05) is 44.2 Å². The highest BCUT2D eigenvalue weighted by Gasteiger charge is 2.35. The second-order valence-corrected chi connectivity index (χ2v) is 9.08. The van der Waals surface area contributed by atoms with Crippen LogP contribution in [0.3, 0.4) is 0 Å². The van der Waals surface area contributed by atoms with Gasteiger partial charge in [0.1, 0.15) is 9.84 Å². The van der Waals surface area contributed by atoms with Gasteiger partial charge in [0.2, 0.25) is 5.56 Å². The average molecular weight is 355 g/mol. The van der Waals surface area contributed by atoms with Crippen molar-refractivity contribution in [1.82, 2.24) is 15.2 Å². The number of rotatable bonds is 6. The molecule has 1 amide bonds. The Balaban J connectivity index is 2.02. The van der Waals surface area contributed by atoms with Crippen molar-refractivity contribution in [2.75, 3.05) is 31.6 Å². The van der Waals surface area contributed by atoms with Gasteiger partial charge >= 0.3 is 0 Å². The van der Waals surface area contributed by atoms with Gasteiger partial charge in [0.15, 0.2) is 0 Å². The summed E-state index contributed by atoms with van der Waals surface area (Å²) in [6.07, 6.45) is 2.64. The Kier molecular flexibility index (Phi) is 5.82. The van der Waals surface area contributed by atoms with Crippen molar-refractivity contribution in [3.05, 3.63) is 34.2 Å². The van der Waals surface area contributed by atoms with Crippen molar-refractivity contribution in [2.24, 2.45) is 11.8 Å². The van der Waals surface area contributed by atoms with Gasteiger partial charge in [-0.3, -0.25) is 14.5 Å². The third kappa shape index (κ3) is 5.17. The highest BCUT2D eigenvalue weighted by molar-refractivity contribution is 7.90. The molecule has 2 N–H and O–H groups in total. The Morgan fingerprint density at radius 3 is 2.62 bits per heavy atom. The molecular weight excluding hydrogens is 330 g/mol. The van der Waals surface area contributed by atoms with E-state index in [4.69, 9.17) is 0 Å². The highest BCUT2D eigenvalue weighted by atomic mass is 32.2. The van der Waals surface area contributed by atoms with E-state index in [1.54, 1.807) is 0 Å². The quantitative estimate of drug-likeness (QED) is 0.754. The van der Waals surface area contributed by atoms with E-state index in [1.165, 1.54) is 24.6 Å². The number of aromatic nitrogens is 1. The molecule has 8 heteroatoms. The van der Waals surface area contributed by atoms with Gasteiger partial charge in [-0.25, -0.2) is 8.42 Å². The standard InChI is InChI=1S/C16H25N3O4S/c1-11(2)13-9-19(6-7-24(3,22)23)10-14(13)18-16(21)12-4-5-15(20)17-8-12/h4-5,8,11,13-14H,6-7,9-10H2,1-3H3,(H,17,20)(H,18,21)/t13-,14+/m0/s1. The van der Waals surface area contributed by atoms with Crippen molar-refractivity contribution in [3.8, 4) is 0 Å². The summed E-state index contributed by atoms with van der Waals surface area (Å²) in [6.45, 7) is 6.08. The van der Waals surface area contributed by atoms with Crippen molar-refractivity contribution in [2.45, 2.75) is 19.9 Å². The van der Waals surface area contributed by atoms with Crippen molar-refractivity contribution < 1.29 is 13.2 Å². The fourth-order valence-electron chi connectivity index (χ4n) is 3.02. The summed E-state index contributed by atoms with van der Waals surface area (Å²) in [5.74, 6) is 0.524. The summed E-state index contributed by atoms with van der Waals surface area (Å²) in [5, 5.41) is 3.02. The first-order valence-electron chi connectivity index (χ1n) is 8.05. The van der Waals surface area contributed by atoms with Gasteiger partial charge < -0.3 is 10.3 Å². The molecule has 0 aromatic carbocycles. The zero-order valence-corrected chi connectivity index (χ0v) is 15.1. The maximum Gasteiger partial charge on any atom is 0.253 e. The van der Waals surface area contributed by atoms with E-state index in [0.717, 1.165) is 6.54 Å². The number of hydrogen-bond acceptors (Lipinski definition) is 5. The van der Waals surface area contributed by atoms with Crippen LogP contribution in [0.25, 0.3) is 0 Å². The summed E-state index contributed by atoms with van der Waals surface area (Å²) in [5.41, 5.74) is 0.158.